The van der Waals surface area contributed by atoms with Gasteiger partial charge in [-0.15, -0.1) is 0 Å². The lowest BCUT2D eigenvalue weighted by molar-refractivity contribution is 0.252. The summed E-state index contributed by atoms with van der Waals surface area (Å²) in [7, 11) is -3.83. The third-order valence-electron chi connectivity index (χ3n) is 1.35. The van der Waals surface area contributed by atoms with Crippen LogP contribution in [0, 0.1) is 0 Å². The maximum absolute atomic E-state index is 10.2. The van der Waals surface area contributed by atoms with Crippen molar-refractivity contribution in [2.45, 2.75) is 19.4 Å². The van der Waals surface area contributed by atoms with Gasteiger partial charge < -0.3 is 10.4 Å². The molecule has 0 unspecified atom stereocenters. The Morgan fingerprint density at radius 2 is 2.08 bits per heavy atom. The summed E-state index contributed by atoms with van der Waals surface area (Å²) in [4.78, 5) is 0. The Morgan fingerprint density at radius 3 is 2.50 bits per heavy atom. The zero-order valence-corrected chi connectivity index (χ0v) is 7.84. The number of hydrogen-bond acceptors (Lipinski definition) is 4. The van der Waals surface area contributed by atoms with E-state index in [0.29, 0.717) is 13.0 Å². The molecule has 0 heterocycles. The second-order valence-electron chi connectivity index (χ2n) is 2.68. The average molecular weight is 197 g/mol. The van der Waals surface area contributed by atoms with E-state index in [0.717, 1.165) is 0 Å². The molecule has 74 valence electrons. The molecular formula is C6H15NO4S. The molecule has 0 aromatic carbocycles. The minimum atomic E-state index is -3.83. The molecule has 0 radical (unpaired) electrons. The lowest BCUT2D eigenvalue weighted by Gasteiger charge is -2.08. The molecule has 0 amide bonds. The van der Waals surface area contributed by atoms with Crippen molar-refractivity contribution in [3.8, 4) is 0 Å². The molecule has 0 bridgehead atoms. The van der Waals surface area contributed by atoms with E-state index in [1.54, 1.807) is 6.92 Å². The molecule has 3 N–H and O–H groups in total. The zero-order valence-electron chi connectivity index (χ0n) is 7.02. The highest BCUT2D eigenvalue weighted by Crippen LogP contribution is 1.87. The molecule has 6 heteroatoms. The van der Waals surface area contributed by atoms with Crippen molar-refractivity contribution >= 4 is 10.1 Å². The van der Waals surface area contributed by atoms with E-state index in [2.05, 4.69) is 5.32 Å². The van der Waals surface area contributed by atoms with Gasteiger partial charge in [0.1, 0.15) is 0 Å². The van der Waals surface area contributed by atoms with Crippen LogP contribution in [-0.4, -0.2) is 43.0 Å². The highest BCUT2D eigenvalue weighted by atomic mass is 32.2. The maximum Gasteiger partial charge on any atom is 0.264 e. The van der Waals surface area contributed by atoms with Crippen LogP contribution in [0.15, 0.2) is 0 Å². The van der Waals surface area contributed by atoms with E-state index >= 15 is 0 Å². The standard InChI is InChI=1S/C6H15NO4S/c1-6(5-8)7-3-2-4-12(9,10)11/h6-8H,2-5H2,1H3,(H,9,10,11)/t6-/m1/s1. The Bertz CT molecular complexity index is 202. The van der Waals surface area contributed by atoms with E-state index in [9.17, 15) is 8.42 Å². The molecule has 0 aliphatic rings. The van der Waals surface area contributed by atoms with E-state index in [-0.39, 0.29) is 18.4 Å². The molecule has 0 aromatic rings. The van der Waals surface area contributed by atoms with Crippen LogP contribution in [0.5, 0.6) is 0 Å². The Hall–Kier alpha value is -0.170. The van der Waals surface area contributed by atoms with Crippen molar-refractivity contribution in [1.82, 2.24) is 5.32 Å². The van der Waals surface area contributed by atoms with Crippen molar-refractivity contribution < 1.29 is 18.1 Å². The number of hydrogen-bond donors (Lipinski definition) is 3. The Labute approximate surface area is 72.5 Å². The van der Waals surface area contributed by atoms with Gasteiger partial charge in [0.2, 0.25) is 0 Å². The number of rotatable bonds is 6. The first-order chi connectivity index (χ1) is 5.45. The van der Waals surface area contributed by atoms with Gasteiger partial charge in [-0.05, 0) is 19.9 Å². The average Bonchev–Trinajstić information content (AvgIpc) is 1.96. The van der Waals surface area contributed by atoms with Crippen LogP contribution in [-0.2, 0) is 10.1 Å². The molecule has 0 rings (SSSR count). The third kappa shape index (κ3) is 7.93. The summed E-state index contributed by atoms with van der Waals surface area (Å²) in [5.41, 5.74) is 0. The van der Waals surface area contributed by atoms with Gasteiger partial charge in [0.15, 0.2) is 0 Å². The van der Waals surface area contributed by atoms with Gasteiger partial charge >= 0.3 is 0 Å². The van der Waals surface area contributed by atoms with Crippen molar-refractivity contribution in [1.29, 1.82) is 0 Å². The van der Waals surface area contributed by atoms with Crippen LogP contribution in [0.25, 0.3) is 0 Å². The first kappa shape index (κ1) is 11.8. The fourth-order valence-corrected chi connectivity index (χ4v) is 1.18. The highest BCUT2D eigenvalue weighted by molar-refractivity contribution is 7.85. The van der Waals surface area contributed by atoms with Crippen LogP contribution >= 0.6 is 0 Å². The largest absolute Gasteiger partial charge is 0.395 e. The molecule has 12 heavy (non-hydrogen) atoms. The topological polar surface area (TPSA) is 86.6 Å². The predicted molar refractivity (Wildman–Crippen MR) is 45.6 cm³/mol. The third-order valence-corrected chi connectivity index (χ3v) is 2.15. The van der Waals surface area contributed by atoms with Crippen molar-refractivity contribution in [3.63, 3.8) is 0 Å². The SMILES string of the molecule is C[C@H](CO)NCCCS(=O)(=O)O. The fraction of sp³-hybridized carbons (Fsp3) is 1.00. The lowest BCUT2D eigenvalue weighted by Crippen LogP contribution is -2.30. The first-order valence-electron chi connectivity index (χ1n) is 3.75. The second kappa shape index (κ2) is 5.47. The first-order valence-corrected chi connectivity index (χ1v) is 5.36. The number of aliphatic hydroxyl groups excluding tert-OH is 1. The predicted octanol–water partition coefficient (Wildman–Crippen LogP) is -0.765. The summed E-state index contributed by atoms with van der Waals surface area (Å²) >= 11 is 0. The maximum atomic E-state index is 10.2. The van der Waals surface area contributed by atoms with Crippen LogP contribution in [0.3, 0.4) is 0 Å². The summed E-state index contributed by atoms with van der Waals surface area (Å²) in [6.07, 6.45) is 0.350. The molecular weight excluding hydrogens is 182 g/mol. The summed E-state index contributed by atoms with van der Waals surface area (Å²) < 4.78 is 28.8. The summed E-state index contributed by atoms with van der Waals surface area (Å²) in [5, 5.41) is 11.4. The van der Waals surface area contributed by atoms with Crippen molar-refractivity contribution in [2.24, 2.45) is 0 Å². The Kier molecular flexibility index (Phi) is 5.39. The lowest BCUT2D eigenvalue weighted by atomic mass is 10.3. The van der Waals surface area contributed by atoms with Crippen molar-refractivity contribution in [3.05, 3.63) is 0 Å². The van der Waals surface area contributed by atoms with Gasteiger partial charge in [0, 0.05) is 6.04 Å². The normalized spacial score (nSPS) is 14.6. The zero-order chi connectivity index (χ0) is 9.61. The Morgan fingerprint density at radius 1 is 1.50 bits per heavy atom. The summed E-state index contributed by atoms with van der Waals surface area (Å²) in [6, 6.07) is -0.0357. The fourth-order valence-electron chi connectivity index (χ4n) is 0.668. The molecule has 5 nitrogen and oxygen atoms in total. The molecule has 0 fully saturated rings. The minimum Gasteiger partial charge on any atom is -0.395 e. The van der Waals surface area contributed by atoms with Gasteiger partial charge in [-0.25, -0.2) is 0 Å². The van der Waals surface area contributed by atoms with E-state index in [4.69, 9.17) is 9.66 Å². The molecule has 1 atom stereocenters. The molecule has 0 saturated heterocycles. The van der Waals surface area contributed by atoms with Gasteiger partial charge in [0.05, 0.1) is 12.4 Å². The number of aliphatic hydroxyl groups is 1. The van der Waals surface area contributed by atoms with E-state index in [1.807, 2.05) is 0 Å². The smallest absolute Gasteiger partial charge is 0.264 e. The quantitative estimate of drug-likeness (QED) is 0.384. The van der Waals surface area contributed by atoms with Gasteiger partial charge in [0.25, 0.3) is 10.1 Å². The van der Waals surface area contributed by atoms with Crippen LogP contribution in [0.4, 0.5) is 0 Å². The highest BCUT2D eigenvalue weighted by Gasteiger charge is 2.04. The van der Waals surface area contributed by atoms with Crippen LogP contribution in [0.1, 0.15) is 13.3 Å². The summed E-state index contributed by atoms with van der Waals surface area (Å²) in [6.45, 7) is 2.28. The second-order valence-corrected chi connectivity index (χ2v) is 4.25. The van der Waals surface area contributed by atoms with Gasteiger partial charge in [-0.3, -0.25) is 4.55 Å². The molecule has 0 saturated carbocycles. The summed E-state index contributed by atoms with van der Waals surface area (Å²) in [5.74, 6) is -0.238. The van der Waals surface area contributed by atoms with E-state index < -0.39 is 10.1 Å². The molecule has 0 aliphatic carbocycles. The molecule has 0 aromatic heterocycles. The van der Waals surface area contributed by atoms with Crippen LogP contribution in [0.2, 0.25) is 0 Å². The molecule has 0 aliphatic heterocycles. The minimum absolute atomic E-state index is 0.0197. The van der Waals surface area contributed by atoms with Crippen LogP contribution < -0.4 is 5.32 Å². The van der Waals surface area contributed by atoms with Crippen molar-refractivity contribution in [2.75, 3.05) is 18.9 Å². The van der Waals surface area contributed by atoms with E-state index in [1.165, 1.54) is 0 Å². The molecule has 0 spiro atoms. The van der Waals surface area contributed by atoms with Gasteiger partial charge in [-0.2, -0.15) is 8.42 Å². The Balaban J connectivity index is 3.34. The number of nitrogens with one attached hydrogen (secondary N) is 1. The monoisotopic (exact) mass is 197 g/mol. The van der Waals surface area contributed by atoms with Gasteiger partial charge in [-0.1, -0.05) is 0 Å².